The number of aromatic nitrogens is 4. The molecule has 1 aliphatic rings. The minimum Gasteiger partial charge on any atom is -0.454 e. The molecule has 3 aromatic rings. The van der Waals surface area contributed by atoms with Crippen molar-refractivity contribution in [2.75, 3.05) is 24.8 Å². The molecule has 3 heterocycles. The SMILES string of the molecule is Cc1cc2c(cc1Cc1nc3c(N)nc(F)nc3n1CCS(=O)(=O)NCC(C)C)OCO2. The van der Waals surface area contributed by atoms with Crippen LogP contribution in [0.1, 0.15) is 30.8 Å². The standard InChI is InChI=1S/C20H25FN6O4S/c1-11(2)9-23-32(28,29)5-4-27-16(24-17-18(22)25-20(21)26-19(17)27)8-13-7-15-14(6-12(13)3)30-10-31-15/h6-7,11,23H,4-5,8-10H2,1-3H3,(H2,22,25,26). The van der Waals surface area contributed by atoms with Crippen molar-refractivity contribution in [1.82, 2.24) is 24.2 Å². The molecule has 3 N–H and O–H groups in total. The first-order valence-corrected chi connectivity index (χ1v) is 11.8. The third-order valence-corrected chi connectivity index (χ3v) is 6.47. The minimum atomic E-state index is -3.55. The summed E-state index contributed by atoms with van der Waals surface area (Å²) in [4.78, 5) is 11.9. The number of anilines is 1. The zero-order chi connectivity index (χ0) is 23.0. The second-order valence-electron chi connectivity index (χ2n) is 8.10. The van der Waals surface area contributed by atoms with Gasteiger partial charge in [0.25, 0.3) is 0 Å². The third-order valence-electron chi connectivity index (χ3n) is 5.15. The number of rotatable bonds is 8. The van der Waals surface area contributed by atoms with Gasteiger partial charge < -0.3 is 19.8 Å². The van der Waals surface area contributed by atoms with Crippen LogP contribution in [0, 0.1) is 18.9 Å². The van der Waals surface area contributed by atoms with Gasteiger partial charge in [0.2, 0.25) is 16.8 Å². The Morgan fingerprint density at radius 2 is 1.94 bits per heavy atom. The molecule has 0 saturated carbocycles. The first-order valence-electron chi connectivity index (χ1n) is 10.2. The van der Waals surface area contributed by atoms with Crippen LogP contribution in [-0.4, -0.2) is 47.0 Å². The molecule has 0 aliphatic carbocycles. The van der Waals surface area contributed by atoms with E-state index in [4.69, 9.17) is 15.2 Å². The Morgan fingerprint density at radius 1 is 1.22 bits per heavy atom. The molecule has 0 spiro atoms. The molecule has 1 aromatic carbocycles. The number of sulfonamides is 1. The molecule has 10 nitrogen and oxygen atoms in total. The van der Waals surface area contributed by atoms with Gasteiger partial charge in [0, 0.05) is 19.5 Å². The maximum Gasteiger partial charge on any atom is 0.312 e. The molecular formula is C20H25FN6O4S. The van der Waals surface area contributed by atoms with E-state index >= 15 is 0 Å². The van der Waals surface area contributed by atoms with E-state index in [1.807, 2.05) is 32.9 Å². The fraction of sp³-hybridized carbons (Fsp3) is 0.450. The molecule has 0 unspecified atom stereocenters. The largest absolute Gasteiger partial charge is 0.454 e. The van der Waals surface area contributed by atoms with E-state index in [1.54, 1.807) is 4.57 Å². The highest BCUT2D eigenvalue weighted by molar-refractivity contribution is 7.89. The number of halogens is 1. The molecule has 0 radical (unpaired) electrons. The van der Waals surface area contributed by atoms with Gasteiger partial charge in [0.15, 0.2) is 28.5 Å². The van der Waals surface area contributed by atoms with Gasteiger partial charge in [-0.2, -0.15) is 14.4 Å². The number of imidazole rings is 1. The summed E-state index contributed by atoms with van der Waals surface area (Å²) >= 11 is 0. The fourth-order valence-corrected chi connectivity index (χ4v) is 4.59. The average Bonchev–Trinajstić information content (AvgIpc) is 3.29. The zero-order valence-corrected chi connectivity index (χ0v) is 18.9. The van der Waals surface area contributed by atoms with Gasteiger partial charge in [-0.3, -0.25) is 0 Å². The van der Waals surface area contributed by atoms with Crippen LogP contribution < -0.4 is 19.9 Å². The molecule has 2 aromatic heterocycles. The Bertz CT molecular complexity index is 1280. The van der Waals surface area contributed by atoms with Crippen molar-refractivity contribution in [3.63, 3.8) is 0 Å². The van der Waals surface area contributed by atoms with Gasteiger partial charge in [-0.05, 0) is 36.1 Å². The number of aryl methyl sites for hydroxylation is 2. The first kappa shape index (κ1) is 22.2. The van der Waals surface area contributed by atoms with Crippen LogP contribution in [0.25, 0.3) is 11.2 Å². The minimum absolute atomic E-state index is 0.0265. The average molecular weight is 465 g/mol. The van der Waals surface area contributed by atoms with Crippen molar-refractivity contribution in [2.24, 2.45) is 5.92 Å². The topological polar surface area (TPSA) is 134 Å². The molecule has 1 aliphatic heterocycles. The lowest BCUT2D eigenvalue weighted by molar-refractivity contribution is 0.174. The predicted molar refractivity (Wildman–Crippen MR) is 116 cm³/mol. The number of nitrogens with zero attached hydrogens (tertiary/aromatic N) is 4. The summed E-state index contributed by atoms with van der Waals surface area (Å²) in [5.74, 6) is 1.63. The molecule has 0 bridgehead atoms. The highest BCUT2D eigenvalue weighted by Crippen LogP contribution is 2.35. The number of fused-ring (bicyclic) bond motifs is 2. The van der Waals surface area contributed by atoms with Crippen LogP contribution in [0.5, 0.6) is 11.5 Å². The molecule has 172 valence electrons. The number of benzene rings is 1. The fourth-order valence-electron chi connectivity index (χ4n) is 3.43. The monoisotopic (exact) mass is 464 g/mol. The maximum absolute atomic E-state index is 13.9. The Morgan fingerprint density at radius 3 is 2.66 bits per heavy atom. The number of nitrogens with two attached hydrogens (primary N) is 1. The van der Waals surface area contributed by atoms with Crippen molar-refractivity contribution < 1.29 is 22.3 Å². The van der Waals surface area contributed by atoms with Crippen molar-refractivity contribution in [2.45, 2.75) is 33.7 Å². The van der Waals surface area contributed by atoms with Gasteiger partial charge in [0.1, 0.15) is 5.82 Å². The van der Waals surface area contributed by atoms with Crippen molar-refractivity contribution in [3.05, 3.63) is 35.2 Å². The zero-order valence-electron chi connectivity index (χ0n) is 18.1. The molecule has 4 rings (SSSR count). The second-order valence-corrected chi connectivity index (χ2v) is 10.0. The molecule has 0 fully saturated rings. The second kappa shape index (κ2) is 8.51. The smallest absolute Gasteiger partial charge is 0.312 e. The van der Waals surface area contributed by atoms with Crippen LogP contribution in [0.3, 0.4) is 0 Å². The Kier molecular flexibility index (Phi) is 5.91. The lowest BCUT2D eigenvalue weighted by Crippen LogP contribution is -2.31. The van der Waals surface area contributed by atoms with Crippen LogP contribution in [0.2, 0.25) is 0 Å². The van der Waals surface area contributed by atoms with Crippen LogP contribution in [0.4, 0.5) is 10.2 Å². The molecule has 0 atom stereocenters. The number of nitrogens with one attached hydrogen (secondary N) is 1. The normalized spacial score (nSPS) is 13.4. The van der Waals surface area contributed by atoms with Gasteiger partial charge >= 0.3 is 6.08 Å². The van der Waals surface area contributed by atoms with Gasteiger partial charge in [-0.15, -0.1) is 0 Å². The summed E-state index contributed by atoms with van der Waals surface area (Å²) in [6.07, 6.45) is -0.665. The number of hydrogen-bond donors (Lipinski definition) is 2. The molecule has 32 heavy (non-hydrogen) atoms. The van der Waals surface area contributed by atoms with Gasteiger partial charge in [-0.1, -0.05) is 13.8 Å². The Balaban J connectivity index is 1.70. The van der Waals surface area contributed by atoms with Crippen molar-refractivity contribution in [3.8, 4) is 11.5 Å². The molecular weight excluding hydrogens is 439 g/mol. The Hall–Kier alpha value is -2.99. The summed E-state index contributed by atoms with van der Waals surface area (Å²) in [5, 5.41) is 0. The molecule has 12 heteroatoms. The summed E-state index contributed by atoms with van der Waals surface area (Å²) in [7, 11) is -3.55. The van der Waals surface area contributed by atoms with E-state index in [2.05, 4.69) is 19.7 Å². The summed E-state index contributed by atoms with van der Waals surface area (Å²) < 4.78 is 53.8. The lowest BCUT2D eigenvalue weighted by Gasteiger charge is -2.12. The van der Waals surface area contributed by atoms with Crippen LogP contribution in [0.15, 0.2) is 12.1 Å². The van der Waals surface area contributed by atoms with E-state index in [9.17, 15) is 12.8 Å². The molecule has 0 amide bonds. The quantitative estimate of drug-likeness (QED) is 0.482. The van der Waals surface area contributed by atoms with Crippen molar-refractivity contribution >= 4 is 27.0 Å². The highest BCUT2D eigenvalue weighted by Gasteiger charge is 2.22. The van der Waals surface area contributed by atoms with Gasteiger partial charge in [0.05, 0.1) is 5.75 Å². The van der Waals surface area contributed by atoms with E-state index in [0.717, 1.165) is 11.1 Å². The van der Waals surface area contributed by atoms with Crippen molar-refractivity contribution in [1.29, 1.82) is 0 Å². The summed E-state index contributed by atoms with van der Waals surface area (Å²) in [5.41, 5.74) is 8.10. The third kappa shape index (κ3) is 4.60. The maximum atomic E-state index is 13.9. The van der Waals surface area contributed by atoms with E-state index in [1.165, 1.54) is 0 Å². The summed E-state index contributed by atoms with van der Waals surface area (Å²) in [6.45, 7) is 6.28. The number of ether oxygens (including phenoxy) is 2. The lowest BCUT2D eigenvalue weighted by atomic mass is 10.0. The van der Waals surface area contributed by atoms with Crippen LogP contribution >= 0.6 is 0 Å². The number of hydrogen-bond acceptors (Lipinski definition) is 8. The molecule has 0 saturated heterocycles. The summed E-state index contributed by atoms with van der Waals surface area (Å²) in [6, 6.07) is 3.73. The van der Waals surface area contributed by atoms with Gasteiger partial charge in [-0.25, -0.2) is 18.1 Å². The first-order chi connectivity index (χ1) is 15.1. The van der Waals surface area contributed by atoms with E-state index < -0.39 is 16.1 Å². The predicted octanol–water partition coefficient (Wildman–Crippen LogP) is 1.75. The Labute approximate surface area is 185 Å². The van der Waals surface area contributed by atoms with E-state index in [0.29, 0.717) is 30.3 Å². The van der Waals surface area contributed by atoms with E-state index in [-0.39, 0.29) is 42.0 Å². The highest BCUT2D eigenvalue weighted by atomic mass is 32.2. The number of nitrogen functional groups attached to an aromatic ring is 1. The van der Waals surface area contributed by atoms with Crippen LogP contribution in [-0.2, 0) is 23.0 Å².